The highest BCUT2D eigenvalue weighted by Gasteiger charge is 2.13. The van der Waals surface area contributed by atoms with E-state index in [-0.39, 0.29) is 5.78 Å². The third-order valence-electron chi connectivity index (χ3n) is 3.35. The number of carbonyl (C=O) groups is 1. The first-order chi connectivity index (χ1) is 10.2. The average Bonchev–Trinajstić information content (AvgIpc) is 2.56. The first-order valence-corrected chi connectivity index (χ1v) is 6.73. The van der Waals surface area contributed by atoms with Crippen LogP contribution >= 0.6 is 0 Å². The maximum absolute atomic E-state index is 12.6. The molecule has 1 aromatic heterocycles. The fraction of sp³-hybridized carbons (Fsp3) is 0.111. The lowest BCUT2D eigenvalue weighted by Crippen LogP contribution is -2.11. The molecule has 0 saturated carbocycles. The smallest absolute Gasteiger partial charge is 0.194 e. The van der Waals surface area contributed by atoms with Gasteiger partial charge in [-0.25, -0.2) is 0 Å². The van der Waals surface area contributed by atoms with Crippen molar-refractivity contribution in [1.29, 1.82) is 0 Å². The van der Waals surface area contributed by atoms with Crippen LogP contribution in [0.2, 0.25) is 0 Å². The largest absolute Gasteiger partial charge is 0.391 e. The van der Waals surface area contributed by atoms with E-state index < -0.39 is 0 Å². The first kappa shape index (κ1) is 14.7. The van der Waals surface area contributed by atoms with Gasteiger partial charge in [-0.15, -0.1) is 0 Å². The van der Waals surface area contributed by atoms with Crippen LogP contribution in [0, 0.1) is 0 Å². The molecule has 0 atom stereocenters. The average molecular weight is 278 g/mol. The van der Waals surface area contributed by atoms with Gasteiger partial charge in [0, 0.05) is 41.8 Å². The Morgan fingerprint density at radius 2 is 2.00 bits per heavy atom. The van der Waals surface area contributed by atoms with Crippen LogP contribution in [0.4, 0.5) is 0 Å². The minimum Gasteiger partial charge on any atom is -0.391 e. The molecule has 2 aromatic rings. The molecule has 0 aliphatic heterocycles. The molecule has 0 unspecified atom stereocenters. The Balaban J connectivity index is 2.43. The molecule has 3 heteroatoms. The van der Waals surface area contributed by atoms with E-state index in [0.717, 1.165) is 16.8 Å². The molecule has 1 aromatic carbocycles. The fourth-order valence-electron chi connectivity index (χ4n) is 2.08. The van der Waals surface area contributed by atoms with Crippen LogP contribution in [0.1, 0.15) is 17.3 Å². The number of allylic oxidation sites excluding steroid dienone is 3. The Morgan fingerprint density at radius 1 is 1.24 bits per heavy atom. The number of Topliss-reactive ketones (excluding diaryl/α,β-unsaturated/α-hetero) is 1. The zero-order chi connectivity index (χ0) is 15.2. The summed E-state index contributed by atoms with van der Waals surface area (Å²) in [5, 5.41) is 2.99. The highest BCUT2D eigenvalue weighted by Crippen LogP contribution is 2.21. The van der Waals surface area contributed by atoms with E-state index in [0.29, 0.717) is 11.1 Å². The minimum absolute atomic E-state index is 0.0393. The molecule has 0 aliphatic rings. The van der Waals surface area contributed by atoms with E-state index in [9.17, 15) is 4.79 Å². The molecule has 0 fully saturated rings. The molecule has 0 bridgehead atoms. The second-order valence-electron chi connectivity index (χ2n) is 4.64. The van der Waals surface area contributed by atoms with Gasteiger partial charge in [0.1, 0.15) is 0 Å². The maximum atomic E-state index is 12.6. The van der Waals surface area contributed by atoms with Gasteiger partial charge >= 0.3 is 0 Å². The number of pyridine rings is 1. The van der Waals surface area contributed by atoms with Crippen LogP contribution in [0.25, 0.3) is 11.1 Å². The topological polar surface area (TPSA) is 42.0 Å². The quantitative estimate of drug-likeness (QED) is 0.516. The van der Waals surface area contributed by atoms with Gasteiger partial charge in [0.25, 0.3) is 0 Å². The van der Waals surface area contributed by atoms with Gasteiger partial charge in [-0.3, -0.25) is 9.78 Å². The lowest BCUT2D eigenvalue weighted by atomic mass is 9.98. The minimum atomic E-state index is -0.0393. The van der Waals surface area contributed by atoms with E-state index >= 15 is 0 Å². The molecule has 1 N–H and O–H groups in total. The fourth-order valence-corrected chi connectivity index (χ4v) is 2.08. The van der Waals surface area contributed by atoms with Crippen LogP contribution in [-0.4, -0.2) is 17.8 Å². The van der Waals surface area contributed by atoms with Crippen molar-refractivity contribution in [2.24, 2.45) is 0 Å². The summed E-state index contributed by atoms with van der Waals surface area (Å²) < 4.78 is 0. The van der Waals surface area contributed by atoms with Gasteiger partial charge in [-0.05, 0) is 24.6 Å². The predicted molar refractivity (Wildman–Crippen MR) is 86.0 cm³/mol. The Bertz CT molecular complexity index is 687. The molecule has 0 radical (unpaired) electrons. The van der Waals surface area contributed by atoms with Crippen molar-refractivity contribution >= 4 is 5.78 Å². The van der Waals surface area contributed by atoms with E-state index in [4.69, 9.17) is 0 Å². The lowest BCUT2D eigenvalue weighted by molar-refractivity contribution is 0.103. The number of rotatable bonds is 5. The molecule has 21 heavy (non-hydrogen) atoms. The third-order valence-corrected chi connectivity index (χ3v) is 3.35. The number of hydrogen-bond donors (Lipinski definition) is 1. The SMILES string of the molecule is C=C/C(C(=O)c1cccc(-c2cccnc2)c1)=C(\C)NC. The summed E-state index contributed by atoms with van der Waals surface area (Å²) in [5.74, 6) is -0.0393. The van der Waals surface area contributed by atoms with Gasteiger partial charge in [0.2, 0.25) is 0 Å². The van der Waals surface area contributed by atoms with Gasteiger partial charge in [-0.2, -0.15) is 0 Å². The number of benzene rings is 1. The predicted octanol–water partition coefficient (Wildman–Crippen LogP) is 3.61. The Labute approximate surface area is 125 Å². The zero-order valence-corrected chi connectivity index (χ0v) is 12.3. The number of carbonyl (C=O) groups excluding carboxylic acids is 1. The summed E-state index contributed by atoms with van der Waals surface area (Å²) in [7, 11) is 1.79. The molecule has 0 saturated heterocycles. The molecule has 0 aliphatic carbocycles. The van der Waals surface area contributed by atoms with Crippen molar-refractivity contribution < 1.29 is 4.79 Å². The van der Waals surface area contributed by atoms with Crippen LogP contribution in [0.3, 0.4) is 0 Å². The van der Waals surface area contributed by atoms with Gasteiger partial charge in [-0.1, -0.05) is 36.9 Å². The first-order valence-electron chi connectivity index (χ1n) is 6.73. The Kier molecular flexibility index (Phi) is 4.67. The number of nitrogens with zero attached hydrogens (tertiary/aromatic N) is 1. The monoisotopic (exact) mass is 278 g/mol. The number of ketones is 1. The maximum Gasteiger partial charge on any atom is 0.194 e. The number of nitrogens with one attached hydrogen (secondary N) is 1. The summed E-state index contributed by atoms with van der Waals surface area (Å²) in [5.41, 5.74) is 3.99. The van der Waals surface area contributed by atoms with Gasteiger partial charge in [0.05, 0.1) is 0 Å². The normalized spacial score (nSPS) is 11.5. The number of hydrogen-bond acceptors (Lipinski definition) is 3. The van der Waals surface area contributed by atoms with Crippen molar-refractivity contribution in [3.63, 3.8) is 0 Å². The second kappa shape index (κ2) is 6.66. The van der Waals surface area contributed by atoms with Crippen molar-refractivity contribution in [3.05, 3.63) is 78.3 Å². The molecule has 0 spiro atoms. The lowest BCUT2D eigenvalue weighted by Gasteiger charge is -2.09. The van der Waals surface area contributed by atoms with Crippen LogP contribution in [0.15, 0.2) is 72.7 Å². The Hall–Kier alpha value is -2.68. The zero-order valence-electron chi connectivity index (χ0n) is 12.3. The van der Waals surface area contributed by atoms with Crippen LogP contribution < -0.4 is 5.32 Å². The summed E-state index contributed by atoms with van der Waals surface area (Å²) in [6.07, 6.45) is 5.10. The van der Waals surface area contributed by atoms with Crippen LogP contribution in [0.5, 0.6) is 0 Å². The molecule has 1 heterocycles. The standard InChI is InChI=1S/C18H18N2O/c1-4-17(13(2)19-3)18(21)15-8-5-7-14(11-15)16-9-6-10-20-12-16/h4-12,19H,1H2,2-3H3/b17-13-. The number of aromatic nitrogens is 1. The van der Waals surface area contributed by atoms with E-state index in [1.54, 1.807) is 25.5 Å². The molecule has 0 amide bonds. The van der Waals surface area contributed by atoms with Crippen molar-refractivity contribution in [3.8, 4) is 11.1 Å². The third kappa shape index (κ3) is 3.26. The highest BCUT2D eigenvalue weighted by molar-refractivity contribution is 6.11. The molecule has 2 rings (SSSR count). The Morgan fingerprint density at radius 3 is 2.62 bits per heavy atom. The van der Waals surface area contributed by atoms with E-state index in [1.807, 2.05) is 43.3 Å². The van der Waals surface area contributed by atoms with E-state index in [2.05, 4.69) is 16.9 Å². The van der Waals surface area contributed by atoms with Crippen molar-refractivity contribution in [2.45, 2.75) is 6.92 Å². The molecule has 3 nitrogen and oxygen atoms in total. The molecular formula is C18H18N2O. The summed E-state index contributed by atoms with van der Waals surface area (Å²) in [4.78, 5) is 16.7. The molecule has 106 valence electrons. The highest BCUT2D eigenvalue weighted by atomic mass is 16.1. The van der Waals surface area contributed by atoms with Gasteiger partial charge < -0.3 is 5.32 Å². The molecular weight excluding hydrogens is 260 g/mol. The van der Waals surface area contributed by atoms with Crippen molar-refractivity contribution in [2.75, 3.05) is 7.05 Å². The van der Waals surface area contributed by atoms with Crippen molar-refractivity contribution in [1.82, 2.24) is 10.3 Å². The van der Waals surface area contributed by atoms with Gasteiger partial charge in [0.15, 0.2) is 5.78 Å². The second-order valence-corrected chi connectivity index (χ2v) is 4.64. The summed E-state index contributed by atoms with van der Waals surface area (Å²) in [6.45, 7) is 5.59. The van der Waals surface area contributed by atoms with E-state index in [1.165, 1.54) is 0 Å². The van der Waals surface area contributed by atoms with Crippen LogP contribution in [-0.2, 0) is 0 Å². The summed E-state index contributed by atoms with van der Waals surface area (Å²) in [6, 6.07) is 11.4. The summed E-state index contributed by atoms with van der Waals surface area (Å²) >= 11 is 0.